The summed E-state index contributed by atoms with van der Waals surface area (Å²) < 4.78 is 10.5. The van der Waals surface area contributed by atoms with Gasteiger partial charge in [-0.2, -0.15) is 0 Å². The van der Waals surface area contributed by atoms with Gasteiger partial charge in [-0.05, 0) is 30.7 Å². The lowest BCUT2D eigenvalue weighted by Crippen LogP contribution is -2.14. The Morgan fingerprint density at radius 2 is 2.00 bits per heavy atom. The number of pyridine rings is 2. The molecular formula is C21H26N4O2. The Balaban J connectivity index is 2.21. The van der Waals surface area contributed by atoms with Crippen LogP contribution in [0.25, 0.3) is 11.3 Å². The molecule has 2 heterocycles. The summed E-state index contributed by atoms with van der Waals surface area (Å²) in [4.78, 5) is 8.87. The molecule has 0 aliphatic rings. The third kappa shape index (κ3) is 4.88. The zero-order chi connectivity index (χ0) is 19.8. The number of allylic oxidation sites excluding steroid dienone is 2. The zero-order valence-electron chi connectivity index (χ0n) is 16.1. The monoisotopic (exact) mass is 366 g/mol. The Morgan fingerprint density at radius 1 is 1.22 bits per heavy atom. The summed E-state index contributed by atoms with van der Waals surface area (Å²) in [6, 6.07) is 5.65. The van der Waals surface area contributed by atoms with Crippen LogP contribution in [-0.4, -0.2) is 30.7 Å². The van der Waals surface area contributed by atoms with Gasteiger partial charge in [0.25, 0.3) is 5.88 Å². The normalized spacial score (nSPS) is 10.0. The smallest absolute Gasteiger partial charge is 0.257 e. The van der Waals surface area contributed by atoms with Crippen LogP contribution in [0.15, 0.2) is 50.2 Å². The second-order valence-electron chi connectivity index (χ2n) is 5.72. The molecule has 0 bridgehead atoms. The molecule has 0 spiro atoms. The molecule has 0 saturated heterocycles. The number of methoxy groups -OCH3 is 2. The maximum Gasteiger partial charge on any atom is 0.257 e. The van der Waals surface area contributed by atoms with Crippen molar-refractivity contribution in [3.8, 4) is 11.6 Å². The molecule has 6 heteroatoms. The van der Waals surface area contributed by atoms with E-state index in [9.17, 15) is 0 Å². The van der Waals surface area contributed by atoms with Crippen LogP contribution in [0.4, 0.5) is 5.69 Å². The minimum atomic E-state index is 0.448. The van der Waals surface area contributed by atoms with Gasteiger partial charge in [-0.3, -0.25) is 4.98 Å². The van der Waals surface area contributed by atoms with Gasteiger partial charge in [0.2, 0.25) is 0 Å². The van der Waals surface area contributed by atoms with E-state index in [0.29, 0.717) is 18.2 Å². The molecule has 0 aliphatic heterocycles. The number of hydrogen-bond donors (Lipinski definition) is 2. The molecule has 0 unspecified atom stereocenters. The fourth-order valence-corrected chi connectivity index (χ4v) is 2.48. The van der Waals surface area contributed by atoms with Crippen molar-refractivity contribution in [3.05, 3.63) is 67.2 Å². The van der Waals surface area contributed by atoms with Gasteiger partial charge in [0.15, 0.2) is 5.75 Å². The molecule has 2 aromatic rings. The number of ether oxygens (including phenoxy) is 2. The lowest BCUT2D eigenvalue weighted by atomic mass is 10.1. The summed E-state index contributed by atoms with van der Waals surface area (Å²) in [5.41, 5.74) is 4.90. The first-order valence-electron chi connectivity index (χ1n) is 8.60. The van der Waals surface area contributed by atoms with E-state index in [0.717, 1.165) is 40.5 Å². The Hall–Kier alpha value is -3.28. The van der Waals surface area contributed by atoms with Crippen molar-refractivity contribution < 1.29 is 9.47 Å². The van der Waals surface area contributed by atoms with Gasteiger partial charge in [0.05, 0.1) is 44.0 Å². The van der Waals surface area contributed by atoms with Crippen LogP contribution >= 0.6 is 0 Å². The molecule has 0 amide bonds. The molecule has 0 saturated carbocycles. The molecule has 2 rings (SSSR count). The second kappa shape index (κ2) is 9.43. The van der Waals surface area contributed by atoms with Crippen molar-refractivity contribution in [1.82, 2.24) is 15.3 Å². The summed E-state index contributed by atoms with van der Waals surface area (Å²) in [7, 11) is 3.15. The van der Waals surface area contributed by atoms with Gasteiger partial charge < -0.3 is 20.1 Å². The highest BCUT2D eigenvalue weighted by Crippen LogP contribution is 2.26. The first kappa shape index (κ1) is 20.0. The molecule has 2 N–H and O–H groups in total. The van der Waals surface area contributed by atoms with E-state index in [1.165, 1.54) is 0 Å². The van der Waals surface area contributed by atoms with E-state index in [4.69, 9.17) is 9.47 Å². The summed E-state index contributed by atoms with van der Waals surface area (Å²) in [5.74, 6) is 1.04. The number of nitrogens with one attached hydrogen (secondary N) is 2. The Labute approximate surface area is 160 Å². The minimum Gasteiger partial charge on any atom is -0.491 e. The average Bonchev–Trinajstić information content (AvgIpc) is 2.71. The number of aromatic nitrogens is 2. The van der Waals surface area contributed by atoms with Gasteiger partial charge >= 0.3 is 0 Å². The standard InChI is InChI=1S/C21H26N4O2/c1-7-14(3)18-11-17(19(13-24-18)22-8-2)15(4)23-12-16-9-10-20(26-5)21(25-16)27-6/h7,9-11,13,22-23H,1,3-4,8,12H2,2,5-6H3. The van der Waals surface area contributed by atoms with Crippen LogP contribution in [-0.2, 0) is 6.54 Å². The number of rotatable bonds is 10. The van der Waals surface area contributed by atoms with Crippen molar-refractivity contribution in [2.24, 2.45) is 0 Å². The fraction of sp³-hybridized carbons (Fsp3) is 0.238. The van der Waals surface area contributed by atoms with Crippen LogP contribution in [0.5, 0.6) is 11.6 Å². The van der Waals surface area contributed by atoms with Gasteiger partial charge in [0.1, 0.15) is 0 Å². The number of nitrogens with zero attached hydrogens (tertiary/aromatic N) is 2. The molecule has 0 atom stereocenters. The third-order valence-electron chi connectivity index (χ3n) is 3.95. The molecule has 0 radical (unpaired) electrons. The Kier molecular flexibility index (Phi) is 7.00. The second-order valence-corrected chi connectivity index (χ2v) is 5.72. The average molecular weight is 366 g/mol. The molecule has 0 aromatic carbocycles. The van der Waals surface area contributed by atoms with Gasteiger partial charge in [-0.1, -0.05) is 25.8 Å². The molecule has 6 nitrogen and oxygen atoms in total. The van der Waals surface area contributed by atoms with Crippen LogP contribution in [0, 0.1) is 0 Å². The van der Waals surface area contributed by atoms with Crippen LogP contribution in [0.2, 0.25) is 0 Å². The van der Waals surface area contributed by atoms with E-state index in [-0.39, 0.29) is 0 Å². The molecule has 142 valence electrons. The summed E-state index contributed by atoms with van der Waals surface area (Å²) in [5, 5.41) is 6.61. The van der Waals surface area contributed by atoms with Crippen molar-refractivity contribution in [3.63, 3.8) is 0 Å². The highest BCUT2D eigenvalue weighted by atomic mass is 16.5. The highest BCUT2D eigenvalue weighted by Gasteiger charge is 2.11. The summed E-state index contributed by atoms with van der Waals surface area (Å²) >= 11 is 0. The Bertz CT molecular complexity index is 846. The minimum absolute atomic E-state index is 0.448. The fourth-order valence-electron chi connectivity index (χ4n) is 2.48. The summed E-state index contributed by atoms with van der Waals surface area (Å²) in [6.45, 7) is 15.2. The molecular weight excluding hydrogens is 340 g/mol. The Morgan fingerprint density at radius 3 is 2.63 bits per heavy atom. The van der Waals surface area contributed by atoms with Crippen molar-refractivity contribution >= 4 is 17.0 Å². The van der Waals surface area contributed by atoms with Crippen molar-refractivity contribution in [1.29, 1.82) is 0 Å². The number of anilines is 1. The quantitative estimate of drug-likeness (QED) is 0.622. The van der Waals surface area contributed by atoms with E-state index >= 15 is 0 Å². The van der Waals surface area contributed by atoms with E-state index in [2.05, 4.69) is 40.3 Å². The third-order valence-corrected chi connectivity index (χ3v) is 3.95. The van der Waals surface area contributed by atoms with E-state index < -0.39 is 0 Å². The van der Waals surface area contributed by atoms with Crippen LogP contribution < -0.4 is 20.1 Å². The SMILES string of the molecule is C=CC(=C)c1cc(C(=C)NCc2ccc(OC)c(OC)n2)c(NCC)cn1. The van der Waals surface area contributed by atoms with E-state index in [1.807, 2.05) is 25.1 Å². The van der Waals surface area contributed by atoms with Crippen LogP contribution in [0.1, 0.15) is 23.9 Å². The van der Waals surface area contributed by atoms with E-state index in [1.54, 1.807) is 26.5 Å². The first-order chi connectivity index (χ1) is 13.0. The predicted molar refractivity (Wildman–Crippen MR) is 111 cm³/mol. The zero-order valence-corrected chi connectivity index (χ0v) is 16.1. The number of hydrogen-bond acceptors (Lipinski definition) is 6. The largest absolute Gasteiger partial charge is 0.491 e. The van der Waals surface area contributed by atoms with Crippen molar-refractivity contribution in [2.75, 3.05) is 26.1 Å². The molecule has 0 fully saturated rings. The van der Waals surface area contributed by atoms with Gasteiger partial charge in [0, 0.05) is 17.8 Å². The maximum atomic E-state index is 5.25. The molecule has 0 aliphatic carbocycles. The topological polar surface area (TPSA) is 68.3 Å². The predicted octanol–water partition coefficient (Wildman–Crippen LogP) is 3.89. The lowest BCUT2D eigenvalue weighted by molar-refractivity contribution is 0.341. The lowest BCUT2D eigenvalue weighted by Gasteiger charge is -2.16. The molecule has 27 heavy (non-hydrogen) atoms. The van der Waals surface area contributed by atoms with Crippen LogP contribution in [0.3, 0.4) is 0 Å². The van der Waals surface area contributed by atoms with Gasteiger partial charge in [-0.15, -0.1) is 0 Å². The summed E-state index contributed by atoms with van der Waals surface area (Å²) in [6.07, 6.45) is 3.47. The first-order valence-corrected chi connectivity index (χ1v) is 8.60. The molecule has 2 aromatic heterocycles. The van der Waals surface area contributed by atoms with Crippen molar-refractivity contribution in [2.45, 2.75) is 13.5 Å². The van der Waals surface area contributed by atoms with Gasteiger partial charge in [-0.25, -0.2) is 4.98 Å². The maximum absolute atomic E-state index is 5.25. The highest BCUT2D eigenvalue weighted by molar-refractivity contribution is 5.78.